The van der Waals surface area contributed by atoms with Gasteiger partial charge in [0.1, 0.15) is 0 Å². The minimum absolute atomic E-state index is 0.0231. The third kappa shape index (κ3) is 4.15. The Morgan fingerprint density at radius 2 is 2.00 bits per heavy atom. The lowest BCUT2D eigenvalue weighted by atomic mass is 9.79. The number of nitrogens with one attached hydrogen (secondary N) is 1. The summed E-state index contributed by atoms with van der Waals surface area (Å²) in [5, 5.41) is 12.8. The highest BCUT2D eigenvalue weighted by molar-refractivity contribution is 5.75. The van der Waals surface area contributed by atoms with Gasteiger partial charge in [0.15, 0.2) is 0 Å². The zero-order chi connectivity index (χ0) is 13.6. The quantitative estimate of drug-likeness (QED) is 0.811. The smallest absolute Gasteiger partial charge is 0.219 e. The second-order valence-corrected chi connectivity index (χ2v) is 5.12. The molecule has 0 aliphatic carbocycles. The first-order valence-electron chi connectivity index (χ1n) is 6.46. The summed E-state index contributed by atoms with van der Waals surface area (Å²) in [6.07, 6.45) is 0.742. The van der Waals surface area contributed by atoms with Gasteiger partial charge in [-0.15, -0.1) is 0 Å². The molecule has 3 heteroatoms. The maximum atomic E-state index is 11.3. The van der Waals surface area contributed by atoms with Crippen molar-refractivity contribution in [2.45, 2.75) is 39.7 Å². The first kappa shape index (κ1) is 14.7. The summed E-state index contributed by atoms with van der Waals surface area (Å²) in [6, 6.07) is 10.0. The van der Waals surface area contributed by atoms with Crippen LogP contribution in [0.1, 0.15) is 32.8 Å². The third-order valence-electron chi connectivity index (χ3n) is 3.47. The minimum Gasteiger partial charge on any atom is -0.393 e. The van der Waals surface area contributed by atoms with Crippen molar-refractivity contribution < 1.29 is 9.90 Å². The summed E-state index contributed by atoms with van der Waals surface area (Å²) in [4.78, 5) is 11.3. The molecule has 0 radical (unpaired) electrons. The van der Waals surface area contributed by atoms with Gasteiger partial charge in [0.25, 0.3) is 0 Å². The molecule has 1 aromatic rings. The highest BCUT2D eigenvalue weighted by atomic mass is 16.3. The number of hydrogen-bond donors (Lipinski definition) is 2. The van der Waals surface area contributed by atoms with E-state index in [1.54, 1.807) is 6.92 Å². The Labute approximate surface area is 109 Å². The fourth-order valence-electron chi connectivity index (χ4n) is 1.85. The SMILES string of the molecule is CCC(=O)NC[C@@](C)(Cc1ccccc1)[C@H](C)O. The lowest BCUT2D eigenvalue weighted by molar-refractivity contribution is -0.121. The molecule has 0 spiro atoms. The van der Waals surface area contributed by atoms with Crippen molar-refractivity contribution in [3.63, 3.8) is 0 Å². The first-order valence-corrected chi connectivity index (χ1v) is 6.46. The van der Waals surface area contributed by atoms with Gasteiger partial charge >= 0.3 is 0 Å². The van der Waals surface area contributed by atoms with Crippen LogP contribution in [0.15, 0.2) is 30.3 Å². The van der Waals surface area contributed by atoms with Gasteiger partial charge in [-0.1, -0.05) is 44.2 Å². The third-order valence-corrected chi connectivity index (χ3v) is 3.47. The van der Waals surface area contributed by atoms with Gasteiger partial charge in [-0.05, 0) is 18.9 Å². The van der Waals surface area contributed by atoms with Gasteiger partial charge < -0.3 is 10.4 Å². The molecule has 0 fully saturated rings. The summed E-state index contributed by atoms with van der Waals surface area (Å²) in [7, 11) is 0. The van der Waals surface area contributed by atoms with E-state index >= 15 is 0 Å². The van der Waals surface area contributed by atoms with E-state index in [0.29, 0.717) is 13.0 Å². The zero-order valence-electron chi connectivity index (χ0n) is 11.4. The fraction of sp³-hybridized carbons (Fsp3) is 0.533. The second-order valence-electron chi connectivity index (χ2n) is 5.12. The lowest BCUT2D eigenvalue weighted by Crippen LogP contribution is -2.43. The Bertz CT molecular complexity index is 375. The summed E-state index contributed by atoms with van der Waals surface area (Å²) in [6.45, 7) is 6.10. The maximum Gasteiger partial charge on any atom is 0.219 e. The van der Waals surface area contributed by atoms with E-state index < -0.39 is 6.10 Å². The Hall–Kier alpha value is -1.35. The second kappa shape index (κ2) is 6.55. The lowest BCUT2D eigenvalue weighted by Gasteiger charge is -2.33. The largest absolute Gasteiger partial charge is 0.393 e. The number of carbonyl (C=O) groups excluding carboxylic acids is 1. The van der Waals surface area contributed by atoms with E-state index in [2.05, 4.69) is 5.32 Å². The van der Waals surface area contributed by atoms with Crippen LogP contribution in [-0.4, -0.2) is 23.7 Å². The molecular weight excluding hydrogens is 226 g/mol. The van der Waals surface area contributed by atoms with Crippen LogP contribution in [0.2, 0.25) is 0 Å². The summed E-state index contributed by atoms with van der Waals surface area (Å²) in [5.74, 6) is 0.0231. The number of amides is 1. The van der Waals surface area contributed by atoms with Gasteiger partial charge in [-0.25, -0.2) is 0 Å². The van der Waals surface area contributed by atoms with Gasteiger partial charge in [0, 0.05) is 18.4 Å². The molecule has 1 rings (SSSR count). The molecule has 1 amide bonds. The van der Waals surface area contributed by atoms with Crippen LogP contribution in [-0.2, 0) is 11.2 Å². The molecule has 0 saturated carbocycles. The molecule has 0 unspecified atom stereocenters. The number of rotatable bonds is 6. The Kier molecular flexibility index (Phi) is 5.35. The van der Waals surface area contributed by atoms with Gasteiger partial charge in [-0.2, -0.15) is 0 Å². The van der Waals surface area contributed by atoms with Crippen molar-refractivity contribution in [1.29, 1.82) is 0 Å². The van der Waals surface area contributed by atoms with E-state index in [9.17, 15) is 9.90 Å². The molecule has 100 valence electrons. The van der Waals surface area contributed by atoms with Crippen molar-refractivity contribution in [3.05, 3.63) is 35.9 Å². The molecule has 0 aliphatic rings. The van der Waals surface area contributed by atoms with E-state index in [1.807, 2.05) is 44.2 Å². The van der Waals surface area contributed by atoms with Gasteiger partial charge in [-0.3, -0.25) is 4.79 Å². The number of hydrogen-bond acceptors (Lipinski definition) is 2. The monoisotopic (exact) mass is 249 g/mol. The van der Waals surface area contributed by atoms with E-state index in [0.717, 1.165) is 6.42 Å². The van der Waals surface area contributed by atoms with Crippen LogP contribution in [0.25, 0.3) is 0 Å². The topological polar surface area (TPSA) is 49.3 Å². The molecule has 0 aliphatic heterocycles. The molecule has 2 N–H and O–H groups in total. The van der Waals surface area contributed by atoms with Crippen LogP contribution in [0, 0.1) is 5.41 Å². The van der Waals surface area contributed by atoms with E-state index in [1.165, 1.54) is 5.56 Å². The Morgan fingerprint density at radius 3 is 2.50 bits per heavy atom. The van der Waals surface area contributed by atoms with Crippen molar-refractivity contribution in [2.24, 2.45) is 5.41 Å². The molecule has 0 bridgehead atoms. The number of benzene rings is 1. The molecule has 0 aromatic heterocycles. The van der Waals surface area contributed by atoms with Crippen LogP contribution in [0.4, 0.5) is 0 Å². The predicted octanol–water partition coefficient (Wildman–Crippen LogP) is 2.14. The van der Waals surface area contributed by atoms with Crippen molar-refractivity contribution >= 4 is 5.91 Å². The van der Waals surface area contributed by atoms with Crippen LogP contribution < -0.4 is 5.32 Å². The van der Waals surface area contributed by atoms with Gasteiger partial charge in [0.05, 0.1) is 6.10 Å². The number of aliphatic hydroxyl groups is 1. The minimum atomic E-state index is -0.477. The zero-order valence-corrected chi connectivity index (χ0v) is 11.4. The van der Waals surface area contributed by atoms with Crippen molar-refractivity contribution in [1.82, 2.24) is 5.32 Å². The van der Waals surface area contributed by atoms with Crippen molar-refractivity contribution in [2.75, 3.05) is 6.54 Å². The van der Waals surface area contributed by atoms with E-state index in [4.69, 9.17) is 0 Å². The molecule has 18 heavy (non-hydrogen) atoms. The highest BCUT2D eigenvalue weighted by Crippen LogP contribution is 2.26. The van der Waals surface area contributed by atoms with E-state index in [-0.39, 0.29) is 11.3 Å². The summed E-state index contributed by atoms with van der Waals surface area (Å²) in [5.41, 5.74) is 0.832. The van der Waals surface area contributed by atoms with Crippen LogP contribution >= 0.6 is 0 Å². The van der Waals surface area contributed by atoms with Crippen molar-refractivity contribution in [3.8, 4) is 0 Å². The number of aliphatic hydroxyl groups excluding tert-OH is 1. The normalized spacial score (nSPS) is 15.8. The van der Waals surface area contributed by atoms with Crippen LogP contribution in [0.5, 0.6) is 0 Å². The molecule has 1 aromatic carbocycles. The maximum absolute atomic E-state index is 11.3. The molecule has 0 saturated heterocycles. The standard InChI is InChI=1S/C15H23NO2/c1-4-14(18)16-11-15(3,12(2)17)10-13-8-6-5-7-9-13/h5-9,12,17H,4,10-11H2,1-3H3,(H,16,18)/t12-,15+/m0/s1. The molecule has 3 nitrogen and oxygen atoms in total. The molecule has 2 atom stereocenters. The summed E-state index contributed by atoms with van der Waals surface area (Å²) >= 11 is 0. The molecular formula is C15H23NO2. The molecule has 0 heterocycles. The van der Waals surface area contributed by atoms with Crippen LogP contribution in [0.3, 0.4) is 0 Å². The number of carbonyl (C=O) groups is 1. The Balaban J connectivity index is 2.71. The summed E-state index contributed by atoms with van der Waals surface area (Å²) < 4.78 is 0. The van der Waals surface area contributed by atoms with Gasteiger partial charge in [0.2, 0.25) is 5.91 Å². The fourth-order valence-corrected chi connectivity index (χ4v) is 1.85. The average Bonchev–Trinajstić information content (AvgIpc) is 2.37. The Morgan fingerprint density at radius 1 is 1.39 bits per heavy atom. The average molecular weight is 249 g/mol. The predicted molar refractivity (Wildman–Crippen MR) is 73.2 cm³/mol. The first-order chi connectivity index (χ1) is 8.48. The highest BCUT2D eigenvalue weighted by Gasteiger charge is 2.30.